The van der Waals surface area contributed by atoms with Crippen LogP contribution in [0.25, 0.3) is 0 Å². The lowest BCUT2D eigenvalue weighted by Gasteiger charge is -2.52. The maximum atomic E-state index is 7.33. The van der Waals surface area contributed by atoms with Crippen molar-refractivity contribution in [2.75, 3.05) is 7.05 Å². The largest absolute Gasteiger partial charge is 0.516 e. The Morgan fingerprint density at radius 2 is 1.68 bits per heavy atom. The normalized spacial score (nSPS) is 37.8. The summed E-state index contributed by atoms with van der Waals surface area (Å²) in [6.45, 7) is 17.7. The van der Waals surface area contributed by atoms with Crippen LogP contribution in [0.15, 0.2) is 50.3 Å². The Kier molecular flexibility index (Phi) is 10.1. The van der Waals surface area contributed by atoms with Crippen molar-refractivity contribution in [2.45, 2.75) is 57.9 Å². The summed E-state index contributed by atoms with van der Waals surface area (Å²) in [5.41, 5.74) is 13.1. The minimum absolute atomic E-state index is 0.0537. The molecule has 0 amide bonds. The molecule has 0 aliphatic heterocycles. The molecule has 0 bridgehead atoms. The molecule has 0 aromatic carbocycles. The molecule has 3 nitrogen and oxygen atoms in total. The summed E-state index contributed by atoms with van der Waals surface area (Å²) in [4.78, 5) is 0. The molecule has 3 aliphatic rings. The molecule has 5 N–H and O–H groups in total. The van der Waals surface area contributed by atoms with E-state index in [0.29, 0.717) is 5.41 Å². The molecule has 0 radical (unpaired) electrons. The van der Waals surface area contributed by atoms with Crippen molar-refractivity contribution in [3.8, 4) is 0 Å². The van der Waals surface area contributed by atoms with Crippen molar-refractivity contribution in [3.05, 3.63) is 50.3 Å². The number of aliphatic hydroxyl groups is 1. The van der Waals surface area contributed by atoms with E-state index in [-0.39, 0.29) is 5.54 Å². The molecule has 144 valence electrons. The van der Waals surface area contributed by atoms with Crippen molar-refractivity contribution in [1.29, 1.82) is 0 Å². The first-order valence-electron chi connectivity index (χ1n) is 9.35. The fraction of sp³-hybridized carbons (Fsp3) is 0.636. The third-order valence-corrected chi connectivity index (χ3v) is 6.65. The number of allylic oxidation sites excluding steroid dienone is 3. The molecule has 25 heavy (non-hydrogen) atoms. The maximum Gasteiger partial charge on any atom is 0.0719 e. The van der Waals surface area contributed by atoms with E-state index in [1.165, 1.54) is 51.1 Å². The van der Waals surface area contributed by atoms with Gasteiger partial charge in [0.1, 0.15) is 0 Å². The van der Waals surface area contributed by atoms with Crippen LogP contribution in [0.5, 0.6) is 0 Å². The zero-order chi connectivity index (χ0) is 19.7. The number of fused-ring (bicyclic) bond motifs is 3. The van der Waals surface area contributed by atoms with Crippen molar-refractivity contribution in [2.24, 2.45) is 34.6 Å². The second kappa shape index (κ2) is 10.6. The highest BCUT2D eigenvalue weighted by molar-refractivity contribution is 5.26. The quantitative estimate of drug-likeness (QED) is 0.455. The van der Waals surface area contributed by atoms with Gasteiger partial charge in [-0.25, -0.2) is 0 Å². The molecule has 3 rings (SSSR count). The first kappa shape index (κ1) is 23.7. The molecule has 2 saturated carbocycles. The monoisotopic (exact) mass is 348 g/mol. The van der Waals surface area contributed by atoms with Gasteiger partial charge in [0, 0.05) is 5.54 Å². The number of nitrogens with two attached hydrogens (primary N) is 2. The zero-order valence-corrected chi connectivity index (χ0v) is 16.6. The van der Waals surface area contributed by atoms with Gasteiger partial charge in [0.2, 0.25) is 0 Å². The van der Waals surface area contributed by atoms with Crippen molar-refractivity contribution >= 4 is 0 Å². The summed E-state index contributed by atoms with van der Waals surface area (Å²) in [5, 5.41) is 7.33. The molecule has 0 spiro atoms. The summed E-state index contributed by atoms with van der Waals surface area (Å²) in [6, 6.07) is 0. The van der Waals surface area contributed by atoms with Crippen molar-refractivity contribution < 1.29 is 5.11 Å². The zero-order valence-electron chi connectivity index (χ0n) is 16.6. The fourth-order valence-corrected chi connectivity index (χ4v) is 5.24. The highest BCUT2D eigenvalue weighted by Crippen LogP contribution is 2.62. The number of hydrogen-bond donors (Lipinski definition) is 3. The molecule has 3 heteroatoms. The van der Waals surface area contributed by atoms with Crippen LogP contribution >= 0.6 is 0 Å². The van der Waals surface area contributed by atoms with Gasteiger partial charge in [-0.15, -0.1) is 13.2 Å². The Morgan fingerprint density at radius 3 is 2.20 bits per heavy atom. The van der Waals surface area contributed by atoms with Crippen LogP contribution in [0.4, 0.5) is 0 Å². The van der Waals surface area contributed by atoms with Gasteiger partial charge in [-0.1, -0.05) is 32.2 Å². The van der Waals surface area contributed by atoms with E-state index in [4.69, 9.17) is 10.8 Å². The topological polar surface area (TPSA) is 72.3 Å². The van der Waals surface area contributed by atoms with Crippen LogP contribution in [0.2, 0.25) is 0 Å². The van der Waals surface area contributed by atoms with Crippen LogP contribution in [0.3, 0.4) is 0 Å². The predicted octanol–water partition coefficient (Wildman–Crippen LogP) is 5.12. The Hall–Kier alpha value is -1.32. The summed E-state index contributed by atoms with van der Waals surface area (Å²) < 4.78 is 0. The lowest BCUT2D eigenvalue weighted by Crippen LogP contribution is -2.54. The first-order chi connectivity index (χ1) is 11.9. The van der Waals surface area contributed by atoms with Crippen molar-refractivity contribution in [3.63, 3.8) is 0 Å². The van der Waals surface area contributed by atoms with Crippen LogP contribution in [-0.4, -0.2) is 17.7 Å². The first-order valence-corrected chi connectivity index (χ1v) is 9.35. The van der Waals surface area contributed by atoms with Gasteiger partial charge in [-0.2, -0.15) is 0 Å². The highest BCUT2D eigenvalue weighted by Gasteiger charge is 2.58. The average molecular weight is 349 g/mol. The van der Waals surface area contributed by atoms with Gasteiger partial charge >= 0.3 is 0 Å². The summed E-state index contributed by atoms with van der Waals surface area (Å²) in [7, 11) is 1.50. The molecule has 0 heterocycles. The van der Waals surface area contributed by atoms with Crippen molar-refractivity contribution in [1.82, 2.24) is 0 Å². The van der Waals surface area contributed by atoms with Crippen LogP contribution in [-0.2, 0) is 0 Å². The predicted molar refractivity (Wildman–Crippen MR) is 111 cm³/mol. The third kappa shape index (κ3) is 4.65. The Morgan fingerprint density at radius 1 is 1.12 bits per heavy atom. The molecule has 0 saturated heterocycles. The highest BCUT2D eigenvalue weighted by atomic mass is 16.2. The SMILES string of the molecule is C=C.C=CC1=CCCC2C1CCC1(C)C2CC[C@]1(C)N.C=CO.CN. The molecular weight excluding hydrogens is 308 g/mol. The van der Waals surface area contributed by atoms with Gasteiger partial charge in [-0.3, -0.25) is 0 Å². The van der Waals surface area contributed by atoms with E-state index in [9.17, 15) is 0 Å². The second-order valence-electron chi connectivity index (χ2n) is 7.46. The van der Waals surface area contributed by atoms with Gasteiger partial charge in [-0.05, 0) is 81.2 Å². The Balaban J connectivity index is 0.000000728. The van der Waals surface area contributed by atoms with Gasteiger partial charge in [0.15, 0.2) is 0 Å². The fourth-order valence-electron chi connectivity index (χ4n) is 5.24. The van der Waals surface area contributed by atoms with Crippen LogP contribution < -0.4 is 11.5 Å². The molecule has 2 fully saturated rings. The summed E-state index contributed by atoms with van der Waals surface area (Å²) >= 11 is 0. The Labute approximate surface area is 155 Å². The van der Waals surface area contributed by atoms with E-state index in [1.807, 2.05) is 0 Å². The second-order valence-corrected chi connectivity index (χ2v) is 7.46. The van der Waals surface area contributed by atoms with E-state index in [2.05, 4.69) is 58.0 Å². The molecule has 5 atom stereocenters. The number of aliphatic hydroxyl groups excluding tert-OH is 1. The molecule has 0 aromatic heterocycles. The molecule has 0 aromatic rings. The minimum atomic E-state index is 0.0537. The lowest BCUT2D eigenvalue weighted by molar-refractivity contribution is 0.0109. The molecule has 3 aliphatic carbocycles. The maximum absolute atomic E-state index is 7.33. The van der Waals surface area contributed by atoms with Gasteiger partial charge in [0.05, 0.1) is 6.26 Å². The number of hydrogen-bond acceptors (Lipinski definition) is 3. The summed E-state index contributed by atoms with van der Waals surface area (Å²) in [5.74, 6) is 2.49. The summed E-state index contributed by atoms with van der Waals surface area (Å²) in [6.07, 6.45) is 13.1. The van der Waals surface area contributed by atoms with E-state index in [1.54, 1.807) is 0 Å². The van der Waals surface area contributed by atoms with Crippen LogP contribution in [0, 0.1) is 23.2 Å². The smallest absolute Gasteiger partial charge is 0.0719 e. The van der Waals surface area contributed by atoms with E-state index in [0.717, 1.165) is 24.0 Å². The van der Waals surface area contributed by atoms with Gasteiger partial charge < -0.3 is 16.6 Å². The third-order valence-electron chi connectivity index (χ3n) is 6.65. The lowest BCUT2D eigenvalue weighted by atomic mass is 9.53. The Bertz CT molecular complexity index is 455. The number of rotatable bonds is 1. The van der Waals surface area contributed by atoms with E-state index < -0.39 is 0 Å². The minimum Gasteiger partial charge on any atom is -0.516 e. The molecule has 4 unspecified atom stereocenters. The standard InChI is InChI=1S/C17H27N.C2H4O.C2H4.CH5N/c1-4-12-6-5-7-14-13(12)8-10-16(2)15(14)9-11-17(16,3)18;1-2-3;2*1-2/h4,6,13-15H,1,5,7-11,18H2,2-3H3;2-3H,1H2;1-2H2;2H2,1H3/t13?,14?,15?,16?,17-;;;/m0.../s1. The van der Waals surface area contributed by atoms with Gasteiger partial charge in [0.25, 0.3) is 0 Å². The van der Waals surface area contributed by atoms with E-state index >= 15 is 0 Å². The average Bonchev–Trinajstić information content (AvgIpc) is 2.88. The molecular formula is C22H40N2O. The van der Waals surface area contributed by atoms with Crippen LogP contribution in [0.1, 0.15) is 52.4 Å².